The second-order valence-electron chi connectivity index (χ2n) is 10.2. The maximum atomic E-state index is 11.4. The van der Waals surface area contributed by atoms with Gasteiger partial charge in [-0.1, -0.05) is 57.2 Å². The van der Waals surface area contributed by atoms with Gasteiger partial charge in [0, 0.05) is 25.2 Å². The molecule has 0 saturated heterocycles. The van der Waals surface area contributed by atoms with E-state index >= 15 is 0 Å². The average Bonchev–Trinajstić information content (AvgIpc) is 3.23. The van der Waals surface area contributed by atoms with E-state index in [0.29, 0.717) is 18.9 Å². The highest BCUT2D eigenvalue weighted by molar-refractivity contribution is 5.38. The highest BCUT2D eigenvalue weighted by Crippen LogP contribution is 2.34. The summed E-state index contributed by atoms with van der Waals surface area (Å²) >= 11 is 0. The van der Waals surface area contributed by atoms with E-state index in [1.165, 1.54) is 6.07 Å². The van der Waals surface area contributed by atoms with E-state index in [4.69, 9.17) is 5.73 Å². The smallest absolute Gasteiger partial charge is 0.269 e. The number of non-ortho nitro benzene ring substituents is 1. The van der Waals surface area contributed by atoms with Gasteiger partial charge >= 0.3 is 0 Å². The molecule has 0 spiro atoms. The molecule has 1 unspecified atom stereocenters. The number of hydrogen-bond acceptors (Lipinski definition) is 7. The van der Waals surface area contributed by atoms with Gasteiger partial charge in [-0.3, -0.25) is 15.4 Å². The summed E-state index contributed by atoms with van der Waals surface area (Å²) in [4.78, 5) is 11.0. The van der Waals surface area contributed by atoms with Crippen molar-refractivity contribution < 1.29 is 4.92 Å². The van der Waals surface area contributed by atoms with Crippen molar-refractivity contribution in [1.29, 1.82) is 0 Å². The van der Waals surface area contributed by atoms with Gasteiger partial charge in [0.05, 0.1) is 16.5 Å². The van der Waals surface area contributed by atoms with Gasteiger partial charge in [-0.05, 0) is 52.8 Å². The first-order chi connectivity index (χ1) is 15.5. The lowest BCUT2D eigenvalue weighted by atomic mass is 9.81. The Morgan fingerprint density at radius 1 is 1.09 bits per heavy atom. The minimum atomic E-state index is -0.444. The van der Waals surface area contributed by atoms with E-state index in [9.17, 15) is 10.1 Å². The largest absolute Gasteiger partial charge is 0.326 e. The second kappa shape index (κ2) is 9.76. The molecular weight excluding hydrogens is 418 g/mol. The molecule has 0 fully saturated rings. The summed E-state index contributed by atoms with van der Waals surface area (Å²) < 4.78 is 1.84. The van der Waals surface area contributed by atoms with Gasteiger partial charge in [-0.15, -0.1) is 5.10 Å². The van der Waals surface area contributed by atoms with Crippen LogP contribution < -0.4 is 11.1 Å². The highest BCUT2D eigenvalue weighted by atomic mass is 16.6. The van der Waals surface area contributed by atoms with Crippen molar-refractivity contribution in [3.05, 3.63) is 81.2 Å². The molecule has 0 aliphatic rings. The van der Waals surface area contributed by atoms with Gasteiger partial charge in [-0.2, -0.15) is 0 Å². The van der Waals surface area contributed by atoms with Crippen molar-refractivity contribution in [2.24, 2.45) is 11.1 Å². The lowest BCUT2D eigenvalue weighted by Crippen LogP contribution is -2.36. The molecule has 0 radical (unpaired) electrons. The molecular formula is C24H33N7O2. The first-order valence-corrected chi connectivity index (χ1v) is 11.0. The summed E-state index contributed by atoms with van der Waals surface area (Å²) in [6, 6.07) is 14.2. The van der Waals surface area contributed by atoms with Crippen molar-refractivity contribution in [1.82, 2.24) is 25.5 Å². The van der Waals surface area contributed by atoms with Gasteiger partial charge in [0.15, 0.2) is 5.82 Å². The lowest BCUT2D eigenvalue weighted by Gasteiger charge is -2.34. The van der Waals surface area contributed by atoms with Crippen LogP contribution in [0.5, 0.6) is 0 Å². The van der Waals surface area contributed by atoms with Crippen LogP contribution in [0.4, 0.5) is 5.69 Å². The minimum absolute atomic E-state index is 0.0254. The zero-order chi connectivity index (χ0) is 24.2. The standard InChI is InChI=1S/C24H33N7O2/c1-23(2,3)16-24(4,5)30-22(27-28-29-30)21(19-10-7-11-20(13-19)31(32)33)26-15-18-9-6-8-17(12-18)14-25/h6-13,21,26H,14-16,25H2,1-5H3. The van der Waals surface area contributed by atoms with Crippen molar-refractivity contribution >= 4 is 5.69 Å². The number of nitrogens with zero attached hydrogens (tertiary/aromatic N) is 5. The molecule has 3 rings (SSSR count). The molecule has 1 atom stereocenters. The van der Waals surface area contributed by atoms with E-state index in [1.54, 1.807) is 12.1 Å². The van der Waals surface area contributed by atoms with E-state index in [-0.39, 0.29) is 16.6 Å². The molecule has 33 heavy (non-hydrogen) atoms. The van der Waals surface area contributed by atoms with Gasteiger partial charge in [0.2, 0.25) is 0 Å². The van der Waals surface area contributed by atoms with E-state index in [2.05, 4.69) is 55.5 Å². The Balaban J connectivity index is 2.02. The molecule has 0 saturated carbocycles. The maximum Gasteiger partial charge on any atom is 0.269 e. The topological polar surface area (TPSA) is 125 Å². The number of nitrogens with one attached hydrogen (secondary N) is 1. The summed E-state index contributed by atoms with van der Waals surface area (Å²) in [5, 5.41) is 27.6. The molecule has 0 bridgehead atoms. The van der Waals surface area contributed by atoms with Crippen molar-refractivity contribution in [2.75, 3.05) is 0 Å². The Morgan fingerprint density at radius 3 is 2.45 bits per heavy atom. The molecule has 2 aromatic carbocycles. The van der Waals surface area contributed by atoms with Crippen molar-refractivity contribution in [3.8, 4) is 0 Å². The first kappa shape index (κ1) is 24.5. The number of nitrogens with two attached hydrogens (primary N) is 1. The van der Waals surface area contributed by atoms with Crippen LogP contribution in [0.2, 0.25) is 0 Å². The van der Waals surface area contributed by atoms with E-state index in [0.717, 1.165) is 23.1 Å². The third-order valence-electron chi connectivity index (χ3n) is 5.44. The molecule has 1 heterocycles. The summed E-state index contributed by atoms with van der Waals surface area (Å²) in [5.74, 6) is 0.611. The Labute approximate surface area is 194 Å². The molecule has 0 amide bonds. The van der Waals surface area contributed by atoms with Crippen molar-refractivity contribution in [3.63, 3.8) is 0 Å². The highest BCUT2D eigenvalue weighted by Gasteiger charge is 2.33. The van der Waals surface area contributed by atoms with Crippen LogP contribution in [-0.2, 0) is 18.6 Å². The fourth-order valence-corrected chi connectivity index (χ4v) is 4.44. The van der Waals surface area contributed by atoms with Crippen LogP contribution in [-0.4, -0.2) is 25.1 Å². The quantitative estimate of drug-likeness (QED) is 0.371. The number of nitro benzene ring substituents is 1. The maximum absolute atomic E-state index is 11.4. The normalized spacial score (nSPS) is 13.2. The van der Waals surface area contributed by atoms with Gasteiger partial charge in [-0.25, -0.2) is 4.68 Å². The number of tetrazole rings is 1. The third-order valence-corrected chi connectivity index (χ3v) is 5.44. The van der Waals surface area contributed by atoms with E-state index < -0.39 is 11.0 Å². The van der Waals surface area contributed by atoms with Crippen LogP contribution in [0, 0.1) is 15.5 Å². The fraction of sp³-hybridized carbons (Fsp3) is 0.458. The minimum Gasteiger partial charge on any atom is -0.326 e. The number of rotatable bonds is 9. The fourth-order valence-electron chi connectivity index (χ4n) is 4.44. The van der Waals surface area contributed by atoms with Gasteiger partial charge in [0.1, 0.15) is 0 Å². The molecule has 9 nitrogen and oxygen atoms in total. The Hall–Kier alpha value is -3.17. The van der Waals surface area contributed by atoms with Crippen LogP contribution in [0.1, 0.15) is 69.6 Å². The monoisotopic (exact) mass is 451 g/mol. The Kier molecular flexibility index (Phi) is 7.24. The Morgan fingerprint density at radius 2 is 1.79 bits per heavy atom. The zero-order valence-electron chi connectivity index (χ0n) is 19.9. The Bertz CT molecular complexity index is 1100. The van der Waals surface area contributed by atoms with Gasteiger partial charge < -0.3 is 5.73 Å². The van der Waals surface area contributed by atoms with E-state index in [1.807, 2.05) is 35.0 Å². The number of hydrogen-bond donors (Lipinski definition) is 2. The lowest BCUT2D eigenvalue weighted by molar-refractivity contribution is -0.384. The van der Waals surface area contributed by atoms with Crippen LogP contribution >= 0.6 is 0 Å². The van der Waals surface area contributed by atoms with Crippen LogP contribution in [0.25, 0.3) is 0 Å². The van der Waals surface area contributed by atoms with Crippen molar-refractivity contribution in [2.45, 2.75) is 65.7 Å². The molecule has 176 valence electrons. The second-order valence-corrected chi connectivity index (χ2v) is 10.2. The van der Waals surface area contributed by atoms with Gasteiger partial charge in [0.25, 0.3) is 5.69 Å². The predicted molar refractivity (Wildman–Crippen MR) is 127 cm³/mol. The number of nitro groups is 1. The predicted octanol–water partition coefficient (Wildman–Crippen LogP) is 4.09. The molecule has 3 N–H and O–H groups in total. The summed E-state index contributed by atoms with van der Waals surface area (Å²) in [7, 11) is 0. The average molecular weight is 452 g/mol. The summed E-state index contributed by atoms with van der Waals surface area (Å²) in [5.41, 5.74) is 8.33. The molecule has 0 aliphatic carbocycles. The SMILES string of the molecule is CC(C)(C)CC(C)(C)n1nnnc1C(NCc1cccc(CN)c1)c1cccc([N+](=O)[O-])c1. The summed E-state index contributed by atoms with van der Waals surface area (Å²) in [6.45, 7) is 11.7. The molecule has 9 heteroatoms. The molecule has 1 aromatic heterocycles. The summed E-state index contributed by atoms with van der Waals surface area (Å²) in [6.07, 6.45) is 0.845. The van der Waals surface area contributed by atoms with Crippen LogP contribution in [0.3, 0.4) is 0 Å². The zero-order valence-corrected chi connectivity index (χ0v) is 19.9. The first-order valence-electron chi connectivity index (χ1n) is 11.0. The third kappa shape index (κ3) is 6.21. The number of aromatic nitrogens is 4. The molecule has 3 aromatic rings. The number of benzene rings is 2. The van der Waals surface area contributed by atoms with Crippen LogP contribution in [0.15, 0.2) is 48.5 Å². The molecule has 0 aliphatic heterocycles.